The van der Waals surface area contributed by atoms with Crippen LogP contribution in [0.5, 0.6) is 0 Å². The van der Waals surface area contributed by atoms with Crippen molar-refractivity contribution in [3.63, 3.8) is 0 Å². The Morgan fingerprint density at radius 2 is 2.23 bits per heavy atom. The summed E-state index contributed by atoms with van der Waals surface area (Å²) in [5.74, 6) is 1.59. The van der Waals surface area contributed by atoms with Crippen molar-refractivity contribution in [2.75, 3.05) is 20.3 Å². The molecule has 0 bridgehead atoms. The van der Waals surface area contributed by atoms with Gasteiger partial charge in [-0.2, -0.15) is 0 Å². The van der Waals surface area contributed by atoms with E-state index in [0.29, 0.717) is 6.04 Å². The van der Waals surface area contributed by atoms with Gasteiger partial charge in [0.05, 0.1) is 0 Å². The molecule has 0 aromatic rings. The minimum atomic E-state index is 0.636. The Hall–Kier alpha value is -0.0800. The van der Waals surface area contributed by atoms with Crippen molar-refractivity contribution in [1.29, 1.82) is 0 Å². The molecule has 2 heteroatoms. The molecule has 1 heterocycles. The quantitative estimate of drug-likeness (QED) is 0.723. The topological polar surface area (TPSA) is 21.3 Å². The van der Waals surface area contributed by atoms with Crippen LogP contribution in [0.4, 0.5) is 0 Å². The predicted octanol–water partition coefficient (Wildman–Crippen LogP) is 2.05. The number of hydrogen-bond donors (Lipinski definition) is 1. The maximum atomic E-state index is 5.50. The Kier molecular flexibility index (Phi) is 4.74. The van der Waals surface area contributed by atoms with Crippen LogP contribution in [0.15, 0.2) is 0 Å². The van der Waals surface area contributed by atoms with Gasteiger partial charge in [-0.05, 0) is 45.1 Å². The highest BCUT2D eigenvalue weighted by molar-refractivity contribution is 4.73. The highest BCUT2D eigenvalue weighted by Crippen LogP contribution is 2.25. The zero-order valence-electron chi connectivity index (χ0n) is 9.18. The summed E-state index contributed by atoms with van der Waals surface area (Å²) in [6, 6.07) is 0.636. The Balaban J connectivity index is 2.24. The van der Waals surface area contributed by atoms with Gasteiger partial charge in [0.25, 0.3) is 0 Å². The second kappa shape index (κ2) is 5.61. The van der Waals surface area contributed by atoms with Gasteiger partial charge in [-0.15, -0.1) is 0 Å². The van der Waals surface area contributed by atoms with Crippen LogP contribution in [0, 0.1) is 11.8 Å². The SMILES string of the molecule is CNC(C)CC(C)C1CCCOC1. The Morgan fingerprint density at radius 3 is 2.77 bits per heavy atom. The first-order valence-electron chi connectivity index (χ1n) is 5.49. The van der Waals surface area contributed by atoms with Crippen LogP contribution in [0.3, 0.4) is 0 Å². The van der Waals surface area contributed by atoms with E-state index in [-0.39, 0.29) is 0 Å². The van der Waals surface area contributed by atoms with Crippen molar-refractivity contribution in [3.8, 4) is 0 Å². The molecular weight excluding hydrogens is 162 g/mol. The van der Waals surface area contributed by atoms with Gasteiger partial charge in [-0.1, -0.05) is 6.92 Å². The van der Waals surface area contributed by atoms with Gasteiger partial charge in [0.15, 0.2) is 0 Å². The molecule has 3 atom stereocenters. The molecule has 0 aromatic carbocycles. The molecule has 0 aromatic heterocycles. The minimum Gasteiger partial charge on any atom is -0.381 e. The summed E-state index contributed by atoms with van der Waals surface area (Å²) >= 11 is 0. The van der Waals surface area contributed by atoms with Gasteiger partial charge in [0.1, 0.15) is 0 Å². The zero-order valence-corrected chi connectivity index (χ0v) is 9.18. The molecule has 1 N–H and O–H groups in total. The fourth-order valence-corrected chi connectivity index (χ4v) is 2.08. The summed E-state index contributed by atoms with van der Waals surface area (Å²) in [5.41, 5.74) is 0. The van der Waals surface area contributed by atoms with Gasteiger partial charge >= 0.3 is 0 Å². The average Bonchev–Trinajstić information content (AvgIpc) is 2.19. The molecule has 0 amide bonds. The molecule has 13 heavy (non-hydrogen) atoms. The molecule has 3 unspecified atom stereocenters. The molecule has 0 aliphatic carbocycles. The lowest BCUT2D eigenvalue weighted by Crippen LogP contribution is -2.30. The number of hydrogen-bond acceptors (Lipinski definition) is 2. The fourth-order valence-electron chi connectivity index (χ4n) is 2.08. The molecule has 1 fully saturated rings. The molecule has 1 rings (SSSR count). The molecule has 1 aliphatic rings. The van der Waals surface area contributed by atoms with Crippen LogP contribution in [0.25, 0.3) is 0 Å². The smallest absolute Gasteiger partial charge is 0.0496 e. The van der Waals surface area contributed by atoms with E-state index in [1.807, 2.05) is 7.05 Å². The van der Waals surface area contributed by atoms with Crippen molar-refractivity contribution < 1.29 is 4.74 Å². The van der Waals surface area contributed by atoms with Gasteiger partial charge in [-0.25, -0.2) is 0 Å². The third-order valence-electron chi connectivity index (χ3n) is 3.22. The van der Waals surface area contributed by atoms with E-state index in [4.69, 9.17) is 4.74 Å². The number of rotatable bonds is 4. The maximum absolute atomic E-state index is 5.50. The van der Waals surface area contributed by atoms with Gasteiger partial charge in [-0.3, -0.25) is 0 Å². The average molecular weight is 185 g/mol. The summed E-state index contributed by atoms with van der Waals surface area (Å²) in [7, 11) is 2.04. The Labute approximate surface area is 82.0 Å². The van der Waals surface area contributed by atoms with Gasteiger partial charge < -0.3 is 10.1 Å². The first-order valence-corrected chi connectivity index (χ1v) is 5.49. The predicted molar refractivity (Wildman–Crippen MR) is 55.8 cm³/mol. The second-order valence-corrected chi connectivity index (χ2v) is 4.38. The van der Waals surface area contributed by atoms with E-state index < -0.39 is 0 Å². The summed E-state index contributed by atoms with van der Waals surface area (Å²) in [5, 5.41) is 3.29. The van der Waals surface area contributed by atoms with Gasteiger partial charge in [0, 0.05) is 19.3 Å². The fraction of sp³-hybridized carbons (Fsp3) is 1.00. The molecule has 0 spiro atoms. The van der Waals surface area contributed by atoms with Gasteiger partial charge in [0.2, 0.25) is 0 Å². The maximum Gasteiger partial charge on any atom is 0.0496 e. The van der Waals surface area contributed by atoms with Crippen LogP contribution in [0.1, 0.15) is 33.1 Å². The first-order chi connectivity index (χ1) is 6.24. The van der Waals surface area contributed by atoms with Crippen LogP contribution >= 0.6 is 0 Å². The van der Waals surface area contributed by atoms with Crippen molar-refractivity contribution in [1.82, 2.24) is 5.32 Å². The highest BCUT2D eigenvalue weighted by atomic mass is 16.5. The third kappa shape index (κ3) is 3.65. The molecular formula is C11H23NO. The summed E-state index contributed by atoms with van der Waals surface area (Å²) in [4.78, 5) is 0. The Bertz CT molecular complexity index is 132. The lowest BCUT2D eigenvalue weighted by molar-refractivity contribution is 0.0309. The van der Waals surface area contributed by atoms with Crippen LogP contribution < -0.4 is 5.32 Å². The summed E-state index contributed by atoms with van der Waals surface area (Å²) in [6.45, 7) is 6.57. The molecule has 0 saturated carbocycles. The van der Waals surface area contributed by atoms with Crippen LogP contribution in [-0.2, 0) is 4.74 Å². The molecule has 1 saturated heterocycles. The molecule has 1 aliphatic heterocycles. The number of ether oxygens (including phenoxy) is 1. The normalized spacial score (nSPS) is 28.4. The standard InChI is InChI=1S/C11H23NO/c1-9(7-10(2)12-3)11-5-4-6-13-8-11/h9-12H,4-8H2,1-3H3. The lowest BCUT2D eigenvalue weighted by Gasteiger charge is -2.29. The molecule has 78 valence electrons. The van der Waals surface area contributed by atoms with Crippen molar-refractivity contribution in [2.24, 2.45) is 11.8 Å². The van der Waals surface area contributed by atoms with E-state index in [0.717, 1.165) is 25.0 Å². The van der Waals surface area contributed by atoms with E-state index in [1.54, 1.807) is 0 Å². The summed E-state index contributed by atoms with van der Waals surface area (Å²) in [6.07, 6.45) is 3.88. The first kappa shape index (κ1) is 11.0. The molecule has 2 nitrogen and oxygen atoms in total. The van der Waals surface area contributed by atoms with Crippen LogP contribution in [-0.4, -0.2) is 26.3 Å². The van der Waals surface area contributed by atoms with Crippen molar-refractivity contribution in [2.45, 2.75) is 39.2 Å². The zero-order chi connectivity index (χ0) is 9.68. The third-order valence-corrected chi connectivity index (χ3v) is 3.22. The van der Waals surface area contributed by atoms with E-state index in [1.165, 1.54) is 19.3 Å². The second-order valence-electron chi connectivity index (χ2n) is 4.38. The van der Waals surface area contributed by atoms with E-state index >= 15 is 0 Å². The monoisotopic (exact) mass is 185 g/mol. The number of nitrogens with one attached hydrogen (secondary N) is 1. The minimum absolute atomic E-state index is 0.636. The largest absolute Gasteiger partial charge is 0.381 e. The van der Waals surface area contributed by atoms with Crippen molar-refractivity contribution >= 4 is 0 Å². The Morgan fingerprint density at radius 1 is 1.46 bits per heavy atom. The lowest BCUT2D eigenvalue weighted by atomic mass is 9.85. The highest BCUT2D eigenvalue weighted by Gasteiger charge is 2.21. The van der Waals surface area contributed by atoms with E-state index in [9.17, 15) is 0 Å². The molecule has 0 radical (unpaired) electrons. The van der Waals surface area contributed by atoms with E-state index in [2.05, 4.69) is 19.2 Å². The van der Waals surface area contributed by atoms with Crippen LogP contribution in [0.2, 0.25) is 0 Å². The summed E-state index contributed by atoms with van der Waals surface area (Å²) < 4.78 is 5.50. The van der Waals surface area contributed by atoms with Crippen molar-refractivity contribution in [3.05, 3.63) is 0 Å².